The summed E-state index contributed by atoms with van der Waals surface area (Å²) in [6.45, 7) is 5.53. The molecular weight excluding hydrogens is 362 g/mol. The van der Waals surface area contributed by atoms with Crippen LogP contribution in [-0.2, 0) is 4.74 Å². The van der Waals surface area contributed by atoms with E-state index in [1.807, 2.05) is 0 Å². The zero-order chi connectivity index (χ0) is 19.9. The van der Waals surface area contributed by atoms with Gasteiger partial charge >= 0.3 is 0 Å². The van der Waals surface area contributed by atoms with Crippen molar-refractivity contribution < 1.29 is 23.0 Å². The van der Waals surface area contributed by atoms with Gasteiger partial charge in [0.05, 0.1) is 12.7 Å². The van der Waals surface area contributed by atoms with Crippen molar-refractivity contribution in [1.29, 1.82) is 0 Å². The number of hydrogen-bond acceptors (Lipinski definition) is 3. The van der Waals surface area contributed by atoms with Gasteiger partial charge in [-0.25, -0.2) is 4.39 Å². The first kappa shape index (κ1) is 20.6. The normalized spacial score (nSPS) is 19.4. The van der Waals surface area contributed by atoms with Gasteiger partial charge in [0.1, 0.15) is 12.4 Å². The predicted octanol–water partition coefficient (Wildman–Crippen LogP) is 6.00. The SMILES string of the molecule is CCCC1CCC(COc2ccc(-c3ccc(OCC)c(F)c3F)cc2)OC1. The van der Waals surface area contributed by atoms with Crippen LogP contribution < -0.4 is 9.47 Å². The van der Waals surface area contributed by atoms with Gasteiger partial charge < -0.3 is 14.2 Å². The minimum atomic E-state index is -0.962. The van der Waals surface area contributed by atoms with Crippen molar-refractivity contribution in [2.75, 3.05) is 19.8 Å². The lowest BCUT2D eigenvalue weighted by atomic mass is 9.95. The van der Waals surface area contributed by atoms with E-state index >= 15 is 0 Å². The van der Waals surface area contributed by atoms with Crippen molar-refractivity contribution in [3.05, 3.63) is 48.0 Å². The molecule has 2 aromatic rings. The fraction of sp³-hybridized carbons (Fsp3) is 0.478. The Balaban J connectivity index is 1.58. The molecule has 152 valence electrons. The second-order valence-corrected chi connectivity index (χ2v) is 7.20. The van der Waals surface area contributed by atoms with E-state index in [0.717, 1.165) is 13.0 Å². The van der Waals surface area contributed by atoms with Crippen LogP contribution in [0.15, 0.2) is 36.4 Å². The molecule has 0 radical (unpaired) electrons. The molecule has 2 atom stereocenters. The van der Waals surface area contributed by atoms with E-state index < -0.39 is 11.6 Å². The zero-order valence-corrected chi connectivity index (χ0v) is 16.5. The quantitative estimate of drug-likeness (QED) is 0.553. The zero-order valence-electron chi connectivity index (χ0n) is 16.5. The van der Waals surface area contributed by atoms with Gasteiger partial charge in [0.25, 0.3) is 0 Å². The van der Waals surface area contributed by atoms with Crippen LogP contribution in [0.5, 0.6) is 11.5 Å². The molecule has 3 rings (SSSR count). The number of ether oxygens (including phenoxy) is 3. The lowest BCUT2D eigenvalue weighted by molar-refractivity contribution is -0.0391. The second-order valence-electron chi connectivity index (χ2n) is 7.20. The Hall–Kier alpha value is -2.14. The van der Waals surface area contributed by atoms with Crippen molar-refractivity contribution in [2.24, 2.45) is 5.92 Å². The summed E-state index contributed by atoms with van der Waals surface area (Å²) in [5.74, 6) is -0.579. The van der Waals surface area contributed by atoms with Crippen molar-refractivity contribution >= 4 is 0 Å². The van der Waals surface area contributed by atoms with Crippen LogP contribution in [0.2, 0.25) is 0 Å². The number of halogens is 2. The van der Waals surface area contributed by atoms with Gasteiger partial charge in [-0.1, -0.05) is 25.5 Å². The van der Waals surface area contributed by atoms with E-state index in [4.69, 9.17) is 14.2 Å². The highest BCUT2D eigenvalue weighted by molar-refractivity contribution is 5.66. The van der Waals surface area contributed by atoms with Gasteiger partial charge in [0.15, 0.2) is 11.6 Å². The van der Waals surface area contributed by atoms with Gasteiger partial charge in [-0.15, -0.1) is 0 Å². The van der Waals surface area contributed by atoms with Gasteiger partial charge in [-0.2, -0.15) is 4.39 Å². The van der Waals surface area contributed by atoms with Crippen LogP contribution in [0.25, 0.3) is 11.1 Å². The lowest BCUT2D eigenvalue weighted by Crippen LogP contribution is -2.30. The summed E-state index contributed by atoms with van der Waals surface area (Å²) >= 11 is 0. The first-order valence-corrected chi connectivity index (χ1v) is 10.1. The minimum Gasteiger partial charge on any atom is -0.491 e. The number of benzene rings is 2. The highest BCUT2D eigenvalue weighted by atomic mass is 19.2. The van der Waals surface area contributed by atoms with E-state index in [-0.39, 0.29) is 24.0 Å². The van der Waals surface area contributed by atoms with Crippen LogP contribution in [0.1, 0.15) is 39.5 Å². The van der Waals surface area contributed by atoms with Crippen LogP contribution in [0.4, 0.5) is 8.78 Å². The van der Waals surface area contributed by atoms with Gasteiger partial charge in [0.2, 0.25) is 5.82 Å². The molecule has 5 heteroatoms. The van der Waals surface area contributed by atoms with E-state index in [9.17, 15) is 8.78 Å². The molecule has 28 heavy (non-hydrogen) atoms. The average Bonchev–Trinajstić information content (AvgIpc) is 2.72. The fourth-order valence-corrected chi connectivity index (χ4v) is 3.57. The number of rotatable bonds is 8. The first-order chi connectivity index (χ1) is 13.6. The molecule has 0 aromatic heterocycles. The van der Waals surface area contributed by atoms with Crippen molar-refractivity contribution in [1.82, 2.24) is 0 Å². The third-order valence-electron chi connectivity index (χ3n) is 5.11. The third kappa shape index (κ3) is 5.02. The largest absolute Gasteiger partial charge is 0.491 e. The molecule has 1 saturated heterocycles. The van der Waals surface area contributed by atoms with E-state index in [1.165, 1.54) is 31.4 Å². The lowest BCUT2D eigenvalue weighted by Gasteiger charge is -2.28. The fourth-order valence-electron chi connectivity index (χ4n) is 3.57. The van der Waals surface area contributed by atoms with E-state index in [2.05, 4.69) is 6.92 Å². The smallest absolute Gasteiger partial charge is 0.201 e. The molecule has 0 N–H and O–H groups in total. The number of hydrogen-bond donors (Lipinski definition) is 0. The first-order valence-electron chi connectivity index (χ1n) is 10.1. The summed E-state index contributed by atoms with van der Waals surface area (Å²) in [4.78, 5) is 0. The van der Waals surface area contributed by atoms with Gasteiger partial charge in [-0.05, 0) is 61.9 Å². The minimum absolute atomic E-state index is 0.0719. The molecule has 0 amide bonds. The van der Waals surface area contributed by atoms with Gasteiger partial charge in [-0.3, -0.25) is 0 Å². The Morgan fingerprint density at radius 1 is 0.964 bits per heavy atom. The molecule has 3 nitrogen and oxygen atoms in total. The molecule has 1 heterocycles. The Labute approximate surface area is 165 Å². The molecule has 2 aromatic carbocycles. The highest BCUT2D eigenvalue weighted by Gasteiger charge is 2.21. The Morgan fingerprint density at radius 3 is 2.39 bits per heavy atom. The summed E-state index contributed by atoms with van der Waals surface area (Å²) in [7, 11) is 0. The molecule has 1 fully saturated rings. The van der Waals surface area contributed by atoms with Crippen molar-refractivity contribution in [3.63, 3.8) is 0 Å². The summed E-state index contributed by atoms with van der Waals surface area (Å²) in [6.07, 6.45) is 4.73. The molecule has 0 aliphatic carbocycles. The third-order valence-corrected chi connectivity index (χ3v) is 5.11. The summed E-state index contributed by atoms with van der Waals surface area (Å²) in [5.41, 5.74) is 0.785. The predicted molar refractivity (Wildman–Crippen MR) is 106 cm³/mol. The maximum Gasteiger partial charge on any atom is 0.201 e. The summed E-state index contributed by atoms with van der Waals surface area (Å²) in [5, 5.41) is 0. The standard InChI is InChI=1S/C23H28F2O3/c1-3-5-16-6-9-19(27-14-16)15-28-18-10-7-17(8-11-18)20-12-13-21(26-4-2)23(25)22(20)24/h7-8,10-13,16,19H,3-6,9,14-15H2,1-2H3. The Morgan fingerprint density at radius 2 is 1.75 bits per heavy atom. The second kappa shape index (κ2) is 9.87. The molecule has 2 unspecified atom stereocenters. The molecule has 1 aliphatic heterocycles. The van der Waals surface area contributed by atoms with Crippen molar-refractivity contribution in [3.8, 4) is 22.6 Å². The monoisotopic (exact) mass is 390 g/mol. The molecule has 1 aliphatic rings. The van der Waals surface area contributed by atoms with E-state index in [1.54, 1.807) is 31.2 Å². The topological polar surface area (TPSA) is 27.7 Å². The van der Waals surface area contributed by atoms with Crippen LogP contribution in [0, 0.1) is 17.6 Å². The van der Waals surface area contributed by atoms with Crippen LogP contribution in [-0.4, -0.2) is 25.9 Å². The van der Waals surface area contributed by atoms with Crippen LogP contribution in [0.3, 0.4) is 0 Å². The van der Waals surface area contributed by atoms with Gasteiger partial charge in [0, 0.05) is 12.2 Å². The van der Waals surface area contributed by atoms with Crippen molar-refractivity contribution in [2.45, 2.75) is 45.6 Å². The van der Waals surface area contributed by atoms with Crippen LogP contribution >= 0.6 is 0 Å². The molecular formula is C23H28F2O3. The molecule has 0 saturated carbocycles. The summed E-state index contributed by atoms with van der Waals surface area (Å²) in [6, 6.07) is 9.98. The maximum absolute atomic E-state index is 14.3. The average molecular weight is 390 g/mol. The Kier molecular flexibility index (Phi) is 7.26. The molecule has 0 bridgehead atoms. The highest BCUT2D eigenvalue weighted by Crippen LogP contribution is 2.31. The van der Waals surface area contributed by atoms with E-state index in [0.29, 0.717) is 23.8 Å². The maximum atomic E-state index is 14.3. The Bertz CT molecular complexity index is 753. The summed E-state index contributed by atoms with van der Waals surface area (Å²) < 4.78 is 45.2. The molecule has 0 spiro atoms.